The molecule has 0 aliphatic carbocycles. The Labute approximate surface area is 232 Å². The normalized spacial score (nSPS) is 12.6. The number of allylic oxidation sites excluding steroid dienone is 2. The summed E-state index contributed by atoms with van der Waals surface area (Å²) in [5.41, 5.74) is 1.12. The Balaban J connectivity index is 1.98. The molecule has 0 heterocycles. The molecule has 7 nitrogen and oxygen atoms in total. The molecule has 2 rings (SSSR count). The molecule has 0 fully saturated rings. The second-order valence-electron chi connectivity index (χ2n) is 10.3. The van der Waals surface area contributed by atoms with E-state index in [-0.39, 0.29) is 49.9 Å². The molecule has 0 saturated heterocycles. The van der Waals surface area contributed by atoms with Gasteiger partial charge in [0.1, 0.15) is 6.61 Å². The molecule has 7 heteroatoms. The Morgan fingerprint density at radius 1 is 0.949 bits per heavy atom. The van der Waals surface area contributed by atoms with Crippen LogP contribution in [-0.2, 0) is 32.1 Å². The van der Waals surface area contributed by atoms with Gasteiger partial charge in [-0.2, -0.15) is 0 Å². The minimum Gasteiger partial charge on any atom is -0.463 e. The molecule has 0 saturated carbocycles. The highest BCUT2D eigenvalue weighted by molar-refractivity contribution is 5.86. The van der Waals surface area contributed by atoms with Gasteiger partial charge in [0.2, 0.25) is 11.8 Å². The average Bonchev–Trinajstić information content (AvgIpc) is 2.92. The van der Waals surface area contributed by atoms with Crippen molar-refractivity contribution in [2.45, 2.75) is 51.6 Å². The third-order valence-electron chi connectivity index (χ3n) is 6.33. The molecule has 39 heavy (non-hydrogen) atoms. The number of esters is 1. The van der Waals surface area contributed by atoms with Crippen molar-refractivity contribution in [3.63, 3.8) is 0 Å². The first-order valence-electron chi connectivity index (χ1n) is 13.4. The third kappa shape index (κ3) is 11.3. The number of hydrogen-bond acceptors (Lipinski definition) is 5. The zero-order chi connectivity index (χ0) is 28.7. The highest BCUT2D eigenvalue weighted by atomic mass is 16.5. The van der Waals surface area contributed by atoms with E-state index in [1.807, 2.05) is 60.7 Å². The van der Waals surface area contributed by atoms with E-state index in [9.17, 15) is 19.5 Å². The largest absolute Gasteiger partial charge is 0.463 e. The van der Waals surface area contributed by atoms with Crippen LogP contribution in [0.2, 0.25) is 0 Å². The summed E-state index contributed by atoms with van der Waals surface area (Å²) in [6.45, 7) is 11.4. The predicted octanol–water partition coefficient (Wildman–Crippen LogP) is 4.46. The summed E-state index contributed by atoms with van der Waals surface area (Å²) in [5, 5.41) is 12.4. The van der Waals surface area contributed by atoms with Crippen LogP contribution in [0.25, 0.3) is 0 Å². The first kappa shape index (κ1) is 31.5. The zero-order valence-corrected chi connectivity index (χ0v) is 23.2. The monoisotopic (exact) mass is 534 g/mol. The lowest BCUT2D eigenvalue weighted by molar-refractivity contribution is -0.151. The van der Waals surface area contributed by atoms with Crippen molar-refractivity contribution in [2.75, 3.05) is 19.8 Å². The van der Waals surface area contributed by atoms with E-state index in [2.05, 4.69) is 18.5 Å². The van der Waals surface area contributed by atoms with Crippen LogP contribution >= 0.6 is 0 Å². The van der Waals surface area contributed by atoms with E-state index >= 15 is 0 Å². The number of aliphatic hydroxyl groups is 1. The number of amides is 2. The maximum absolute atomic E-state index is 13.2. The van der Waals surface area contributed by atoms with E-state index in [1.165, 1.54) is 0 Å². The summed E-state index contributed by atoms with van der Waals surface area (Å²) < 4.78 is 5.63. The van der Waals surface area contributed by atoms with Crippen LogP contribution in [0.15, 0.2) is 86.0 Å². The van der Waals surface area contributed by atoms with Gasteiger partial charge in [-0.3, -0.25) is 14.4 Å². The number of benzene rings is 2. The maximum atomic E-state index is 13.2. The number of carbonyl (C=O) groups is 3. The van der Waals surface area contributed by atoms with Gasteiger partial charge < -0.3 is 20.1 Å². The van der Waals surface area contributed by atoms with Gasteiger partial charge in [-0.15, -0.1) is 13.2 Å². The Morgan fingerprint density at radius 3 is 2.08 bits per heavy atom. The summed E-state index contributed by atoms with van der Waals surface area (Å²) in [6.07, 6.45) is 4.62. The molecule has 0 spiro atoms. The van der Waals surface area contributed by atoms with Crippen molar-refractivity contribution in [1.82, 2.24) is 10.2 Å². The molecule has 2 amide bonds. The molecule has 0 unspecified atom stereocenters. The van der Waals surface area contributed by atoms with E-state index in [0.29, 0.717) is 25.8 Å². The van der Waals surface area contributed by atoms with Crippen molar-refractivity contribution in [3.05, 3.63) is 97.1 Å². The number of hydrogen-bond donors (Lipinski definition) is 2. The van der Waals surface area contributed by atoms with E-state index in [4.69, 9.17) is 4.74 Å². The SMILES string of the molecule is C=CC[C@@H](CC(=O)N(CCO)Cc1ccccc1)C(=O)NC(C)(C)COC(=O)[C@H](CC=C)Cc1ccccc1. The Bertz CT molecular complexity index is 1070. The van der Waals surface area contributed by atoms with Crippen LogP contribution in [0, 0.1) is 11.8 Å². The number of nitrogens with zero attached hydrogens (tertiary/aromatic N) is 1. The quantitative estimate of drug-likeness (QED) is 0.231. The van der Waals surface area contributed by atoms with Gasteiger partial charge in [-0.25, -0.2) is 0 Å². The lowest BCUT2D eigenvalue weighted by Crippen LogP contribution is -2.50. The topological polar surface area (TPSA) is 95.9 Å². The lowest BCUT2D eigenvalue weighted by Gasteiger charge is -2.30. The van der Waals surface area contributed by atoms with Crippen LogP contribution in [0.4, 0.5) is 0 Å². The fraction of sp³-hybridized carbons (Fsp3) is 0.406. The summed E-state index contributed by atoms with van der Waals surface area (Å²) in [6, 6.07) is 19.2. The number of aliphatic hydroxyl groups excluding tert-OH is 1. The fourth-order valence-corrected chi connectivity index (χ4v) is 4.24. The molecule has 2 aromatic carbocycles. The summed E-state index contributed by atoms with van der Waals surface area (Å²) >= 11 is 0. The van der Waals surface area contributed by atoms with Crippen LogP contribution in [0.1, 0.15) is 44.2 Å². The minimum absolute atomic E-state index is 0.0145. The van der Waals surface area contributed by atoms with Crippen molar-refractivity contribution in [3.8, 4) is 0 Å². The maximum Gasteiger partial charge on any atom is 0.309 e. The summed E-state index contributed by atoms with van der Waals surface area (Å²) in [7, 11) is 0. The fourth-order valence-electron chi connectivity index (χ4n) is 4.24. The highest BCUT2D eigenvalue weighted by Crippen LogP contribution is 2.18. The van der Waals surface area contributed by atoms with Gasteiger partial charge in [0.15, 0.2) is 0 Å². The number of ether oxygens (including phenoxy) is 1. The number of carbonyl (C=O) groups excluding carboxylic acids is 3. The van der Waals surface area contributed by atoms with Crippen LogP contribution < -0.4 is 5.32 Å². The number of nitrogens with one attached hydrogen (secondary N) is 1. The molecule has 0 radical (unpaired) electrons. The first-order chi connectivity index (χ1) is 18.7. The third-order valence-corrected chi connectivity index (χ3v) is 6.33. The van der Waals surface area contributed by atoms with Gasteiger partial charge in [0.05, 0.1) is 24.0 Å². The van der Waals surface area contributed by atoms with Gasteiger partial charge in [-0.1, -0.05) is 72.8 Å². The lowest BCUT2D eigenvalue weighted by atomic mass is 9.96. The van der Waals surface area contributed by atoms with Gasteiger partial charge in [-0.05, 0) is 44.2 Å². The molecule has 0 aliphatic heterocycles. The van der Waals surface area contributed by atoms with E-state index in [0.717, 1.165) is 11.1 Å². The average molecular weight is 535 g/mol. The minimum atomic E-state index is -0.852. The first-order valence-corrected chi connectivity index (χ1v) is 13.4. The molecule has 210 valence electrons. The van der Waals surface area contributed by atoms with Crippen molar-refractivity contribution in [2.24, 2.45) is 11.8 Å². The smallest absolute Gasteiger partial charge is 0.309 e. The summed E-state index contributed by atoms with van der Waals surface area (Å²) in [4.78, 5) is 40.8. The molecule has 2 N–H and O–H groups in total. The zero-order valence-electron chi connectivity index (χ0n) is 23.2. The van der Waals surface area contributed by atoms with Crippen molar-refractivity contribution >= 4 is 17.8 Å². The predicted molar refractivity (Wildman–Crippen MR) is 153 cm³/mol. The van der Waals surface area contributed by atoms with Crippen LogP contribution in [0.3, 0.4) is 0 Å². The van der Waals surface area contributed by atoms with Gasteiger partial charge in [0.25, 0.3) is 0 Å². The second kappa shape index (κ2) is 16.3. The molecule has 0 aliphatic rings. The Kier molecular flexibility index (Phi) is 13.2. The van der Waals surface area contributed by atoms with Gasteiger partial charge >= 0.3 is 5.97 Å². The van der Waals surface area contributed by atoms with Crippen LogP contribution in [-0.4, -0.2) is 53.1 Å². The Hall–Kier alpha value is -3.71. The number of rotatable bonds is 17. The molecule has 0 aromatic heterocycles. The molecular weight excluding hydrogens is 492 g/mol. The summed E-state index contributed by atoms with van der Waals surface area (Å²) in [5.74, 6) is -1.91. The van der Waals surface area contributed by atoms with Crippen molar-refractivity contribution in [1.29, 1.82) is 0 Å². The molecular formula is C32H42N2O5. The Morgan fingerprint density at radius 2 is 1.51 bits per heavy atom. The van der Waals surface area contributed by atoms with Gasteiger partial charge in [0, 0.05) is 19.5 Å². The van der Waals surface area contributed by atoms with Crippen molar-refractivity contribution < 1.29 is 24.2 Å². The van der Waals surface area contributed by atoms with E-state index < -0.39 is 11.5 Å². The van der Waals surface area contributed by atoms with Crippen LogP contribution in [0.5, 0.6) is 0 Å². The standard InChI is InChI=1S/C32H42N2O5/c1-5-13-27(22-29(36)34(19-20-35)23-26-17-11-8-12-18-26)30(37)33-32(3,4)24-39-31(38)28(14-6-2)21-25-15-9-7-10-16-25/h5-12,15-18,27-28,35H,1-2,13-14,19-24H2,3-4H3,(H,33,37)/t27-,28+/m0/s1. The molecule has 2 atom stereocenters. The molecule has 2 aromatic rings. The van der Waals surface area contributed by atoms with E-state index in [1.54, 1.807) is 30.9 Å². The molecule has 0 bridgehead atoms. The highest BCUT2D eigenvalue weighted by Gasteiger charge is 2.30. The second-order valence-corrected chi connectivity index (χ2v) is 10.3.